The summed E-state index contributed by atoms with van der Waals surface area (Å²) in [6.45, 7) is 1.92. The Balaban J connectivity index is 1.39. The number of anilines is 1. The Morgan fingerprint density at radius 2 is 2.03 bits per heavy atom. The van der Waals surface area contributed by atoms with Crippen molar-refractivity contribution >= 4 is 23.2 Å². The van der Waals surface area contributed by atoms with Gasteiger partial charge in [-0.25, -0.2) is 4.79 Å². The molecule has 4 N–H and O–H groups in total. The van der Waals surface area contributed by atoms with E-state index < -0.39 is 11.7 Å². The highest BCUT2D eigenvalue weighted by atomic mass is 16.5. The molecule has 5 atom stereocenters. The van der Waals surface area contributed by atoms with Crippen molar-refractivity contribution in [1.82, 2.24) is 0 Å². The van der Waals surface area contributed by atoms with Gasteiger partial charge in [0.25, 0.3) is 0 Å². The van der Waals surface area contributed by atoms with Crippen molar-refractivity contribution in [2.24, 2.45) is 17.3 Å². The fraction of sp³-hybridized carbons (Fsp3) is 0.500. The van der Waals surface area contributed by atoms with Crippen LogP contribution in [0.15, 0.2) is 24.3 Å². The summed E-state index contributed by atoms with van der Waals surface area (Å²) < 4.78 is 6.07. The van der Waals surface area contributed by atoms with Gasteiger partial charge in [-0.1, -0.05) is 13.0 Å². The Morgan fingerprint density at radius 3 is 2.77 bits per heavy atom. The average Bonchev–Trinajstić information content (AvgIpc) is 3.27. The minimum absolute atomic E-state index is 0.0267. The molecule has 0 unspecified atom stereocenters. The molecule has 0 aromatic heterocycles. The molecule has 0 radical (unpaired) electrons. The first-order valence-corrected chi connectivity index (χ1v) is 10.1. The number of allylic oxidation sites excluding steroid dienone is 1. The number of aromatic hydroxyl groups is 2. The summed E-state index contributed by atoms with van der Waals surface area (Å²) >= 11 is 0. The van der Waals surface area contributed by atoms with Crippen molar-refractivity contribution in [1.29, 1.82) is 0 Å². The molecule has 8 heteroatoms. The Bertz CT molecular complexity index is 940. The van der Waals surface area contributed by atoms with Gasteiger partial charge in [-0.15, -0.1) is 0 Å². The topological polar surface area (TPSA) is 133 Å². The van der Waals surface area contributed by atoms with Crippen molar-refractivity contribution in [3.63, 3.8) is 0 Å². The molecule has 0 spiro atoms. The van der Waals surface area contributed by atoms with Gasteiger partial charge in [-0.3, -0.25) is 9.59 Å². The number of phenols is 2. The SMILES string of the molecule is C[C@]12C=CC(=O)[C@H](CCC(=O)CNc3c(O)ccc(C(=O)O)c3O)[C@@H]1[C@@H]1CC[C@H]2O1. The van der Waals surface area contributed by atoms with E-state index in [-0.39, 0.29) is 71.0 Å². The Hall–Kier alpha value is -2.87. The summed E-state index contributed by atoms with van der Waals surface area (Å²) in [5.74, 6) is -2.69. The number of hydrogen-bond donors (Lipinski definition) is 4. The van der Waals surface area contributed by atoms with Crippen molar-refractivity contribution < 1.29 is 34.4 Å². The number of fused-ring (bicyclic) bond motifs is 5. The first kappa shape index (κ1) is 20.4. The number of phenolic OH excluding ortho intramolecular Hbond substituents is 1. The molecule has 160 valence electrons. The standard InChI is InChI=1S/C22H25NO7/c1-22-9-8-14(25)12(18(22)16-6-7-17(22)30-16)3-2-11(24)10-23-19-15(26)5-4-13(20(19)27)21(28)29/h4-5,8-9,12,16-18,23,26-27H,2-3,6-7,10H2,1H3,(H,28,29)/t12-,16-,17+,18+,22+/m0/s1. The van der Waals surface area contributed by atoms with E-state index in [0.29, 0.717) is 6.42 Å². The van der Waals surface area contributed by atoms with E-state index in [1.165, 1.54) is 0 Å². The van der Waals surface area contributed by atoms with Gasteiger partial charge in [0.1, 0.15) is 17.0 Å². The molecular weight excluding hydrogens is 390 g/mol. The van der Waals surface area contributed by atoms with Crippen LogP contribution < -0.4 is 5.32 Å². The number of nitrogens with one attached hydrogen (secondary N) is 1. The highest BCUT2D eigenvalue weighted by Crippen LogP contribution is 2.57. The van der Waals surface area contributed by atoms with Crippen LogP contribution in [-0.4, -0.2) is 51.6 Å². The van der Waals surface area contributed by atoms with Crippen LogP contribution in [0.2, 0.25) is 0 Å². The second-order valence-corrected chi connectivity index (χ2v) is 8.57. The number of carbonyl (C=O) groups is 3. The van der Waals surface area contributed by atoms with Gasteiger partial charge in [0.05, 0.1) is 18.8 Å². The summed E-state index contributed by atoms with van der Waals surface area (Å²) in [5.41, 5.74) is -0.746. The molecule has 1 aliphatic carbocycles. The van der Waals surface area contributed by atoms with Crippen LogP contribution in [0.5, 0.6) is 11.5 Å². The molecule has 3 aliphatic rings. The fourth-order valence-electron chi connectivity index (χ4n) is 5.31. The largest absolute Gasteiger partial charge is 0.506 e. The van der Waals surface area contributed by atoms with E-state index >= 15 is 0 Å². The normalized spacial score (nSPS) is 31.6. The van der Waals surface area contributed by atoms with Crippen LogP contribution in [0.25, 0.3) is 0 Å². The van der Waals surface area contributed by atoms with E-state index in [2.05, 4.69) is 12.2 Å². The lowest BCUT2D eigenvalue weighted by Crippen LogP contribution is -2.45. The molecule has 2 fully saturated rings. The molecular formula is C22H25NO7. The maximum absolute atomic E-state index is 12.5. The van der Waals surface area contributed by atoms with E-state index in [9.17, 15) is 24.6 Å². The van der Waals surface area contributed by atoms with Crippen molar-refractivity contribution in [2.45, 2.75) is 44.8 Å². The predicted octanol–water partition coefficient (Wildman–Crippen LogP) is 2.50. The van der Waals surface area contributed by atoms with Gasteiger partial charge in [0.2, 0.25) is 0 Å². The zero-order valence-corrected chi connectivity index (χ0v) is 16.6. The first-order chi connectivity index (χ1) is 14.2. The minimum Gasteiger partial charge on any atom is -0.506 e. The maximum atomic E-state index is 12.5. The first-order valence-electron chi connectivity index (χ1n) is 10.1. The van der Waals surface area contributed by atoms with Crippen molar-refractivity contribution in [3.05, 3.63) is 29.8 Å². The number of hydrogen-bond acceptors (Lipinski definition) is 7. The molecule has 2 heterocycles. The van der Waals surface area contributed by atoms with Gasteiger partial charge < -0.3 is 25.4 Å². The molecule has 2 aliphatic heterocycles. The zero-order valence-electron chi connectivity index (χ0n) is 16.6. The monoisotopic (exact) mass is 415 g/mol. The summed E-state index contributed by atoms with van der Waals surface area (Å²) in [7, 11) is 0. The second-order valence-electron chi connectivity index (χ2n) is 8.57. The van der Waals surface area contributed by atoms with Crippen LogP contribution in [0.4, 0.5) is 5.69 Å². The van der Waals surface area contributed by atoms with Crippen LogP contribution in [0.1, 0.15) is 43.0 Å². The number of ether oxygens (including phenoxy) is 1. The number of rotatable bonds is 7. The lowest BCUT2D eigenvalue weighted by Gasteiger charge is -2.42. The Labute approximate surface area is 173 Å². The van der Waals surface area contributed by atoms with Gasteiger partial charge in [-0.2, -0.15) is 0 Å². The summed E-state index contributed by atoms with van der Waals surface area (Å²) in [5, 5.41) is 31.6. The number of ketones is 2. The Morgan fingerprint density at radius 1 is 1.27 bits per heavy atom. The molecule has 1 aromatic rings. The van der Waals surface area contributed by atoms with Crippen LogP contribution in [-0.2, 0) is 14.3 Å². The van der Waals surface area contributed by atoms with E-state index in [4.69, 9.17) is 9.84 Å². The van der Waals surface area contributed by atoms with Gasteiger partial charge in [0, 0.05) is 23.7 Å². The Kier molecular flexibility index (Phi) is 5.05. The number of benzene rings is 1. The number of carboxylic acid groups (broad SMARTS) is 1. The fourth-order valence-corrected chi connectivity index (χ4v) is 5.31. The van der Waals surface area contributed by atoms with Crippen molar-refractivity contribution in [3.8, 4) is 11.5 Å². The van der Waals surface area contributed by atoms with Gasteiger partial charge >= 0.3 is 5.97 Å². The summed E-state index contributed by atoms with van der Waals surface area (Å²) in [6.07, 6.45) is 6.28. The third-order valence-corrected chi connectivity index (χ3v) is 6.85. The van der Waals surface area contributed by atoms with E-state index in [0.717, 1.165) is 25.0 Å². The van der Waals surface area contributed by atoms with Crippen LogP contribution in [0, 0.1) is 17.3 Å². The molecule has 30 heavy (non-hydrogen) atoms. The summed E-state index contributed by atoms with van der Waals surface area (Å²) in [6, 6.07) is 2.22. The molecule has 2 bridgehead atoms. The predicted molar refractivity (Wildman–Crippen MR) is 107 cm³/mol. The molecule has 0 amide bonds. The molecule has 4 rings (SSSR count). The zero-order chi connectivity index (χ0) is 21.6. The third kappa shape index (κ3) is 3.25. The summed E-state index contributed by atoms with van der Waals surface area (Å²) in [4.78, 5) is 36.1. The van der Waals surface area contributed by atoms with Gasteiger partial charge in [0.15, 0.2) is 17.3 Å². The van der Waals surface area contributed by atoms with E-state index in [1.807, 2.05) is 6.08 Å². The van der Waals surface area contributed by atoms with Crippen LogP contribution in [0.3, 0.4) is 0 Å². The minimum atomic E-state index is -1.35. The number of carboxylic acids is 1. The lowest BCUT2D eigenvalue weighted by molar-refractivity contribution is -0.124. The maximum Gasteiger partial charge on any atom is 0.339 e. The molecule has 2 saturated heterocycles. The van der Waals surface area contributed by atoms with Crippen molar-refractivity contribution in [2.75, 3.05) is 11.9 Å². The highest BCUT2D eigenvalue weighted by Gasteiger charge is 2.60. The number of carbonyl (C=O) groups excluding carboxylic acids is 2. The second kappa shape index (κ2) is 7.43. The third-order valence-electron chi connectivity index (χ3n) is 6.85. The molecule has 1 aromatic carbocycles. The average molecular weight is 415 g/mol. The van der Waals surface area contributed by atoms with Crippen LogP contribution >= 0.6 is 0 Å². The highest BCUT2D eigenvalue weighted by molar-refractivity contribution is 5.95. The molecule has 0 saturated carbocycles. The molecule has 8 nitrogen and oxygen atoms in total. The lowest BCUT2D eigenvalue weighted by atomic mass is 9.58. The number of Topliss-reactive ketones (excluding diaryl/α,β-unsaturated/α-hetero) is 1. The quantitative estimate of drug-likeness (QED) is 0.499. The number of aromatic carboxylic acids is 1. The smallest absolute Gasteiger partial charge is 0.339 e. The van der Waals surface area contributed by atoms with E-state index in [1.54, 1.807) is 6.08 Å². The van der Waals surface area contributed by atoms with Gasteiger partial charge in [-0.05, 0) is 37.5 Å².